The van der Waals surface area contributed by atoms with Gasteiger partial charge in [-0.25, -0.2) is 0 Å². The van der Waals surface area contributed by atoms with Gasteiger partial charge in [0.05, 0.1) is 0 Å². The maximum absolute atomic E-state index is 10.8. The summed E-state index contributed by atoms with van der Waals surface area (Å²) < 4.78 is 0. The second-order valence-electron chi connectivity index (χ2n) is 3.49. The molecule has 2 heteroatoms. The Hall–Kier alpha value is -1.31. The van der Waals surface area contributed by atoms with Crippen molar-refractivity contribution in [3.05, 3.63) is 29.3 Å². The maximum Gasteiger partial charge on any atom is 0.152 e. The Morgan fingerprint density at radius 1 is 1.43 bits per heavy atom. The van der Waals surface area contributed by atoms with Crippen molar-refractivity contribution >= 4 is 12.0 Å². The Balaban J connectivity index is 2.70. The molecule has 0 aliphatic carbocycles. The average Bonchev–Trinajstić information content (AvgIpc) is 2.20. The van der Waals surface area contributed by atoms with Crippen LogP contribution in [0, 0.1) is 6.92 Å². The molecule has 0 fully saturated rings. The maximum atomic E-state index is 10.8. The molecule has 0 saturated heterocycles. The van der Waals surface area contributed by atoms with Crippen molar-refractivity contribution in [2.75, 3.05) is 11.9 Å². The number of hydrogen-bond donors (Lipinski definition) is 1. The first kappa shape index (κ1) is 10.8. The van der Waals surface area contributed by atoms with Gasteiger partial charge in [0.25, 0.3) is 0 Å². The zero-order valence-corrected chi connectivity index (χ0v) is 8.84. The van der Waals surface area contributed by atoms with Gasteiger partial charge >= 0.3 is 0 Å². The molecule has 0 atom stereocenters. The summed E-state index contributed by atoms with van der Waals surface area (Å²) in [4.78, 5) is 10.8. The topological polar surface area (TPSA) is 29.1 Å². The Kier molecular flexibility index (Phi) is 4.17. The zero-order chi connectivity index (χ0) is 10.4. The van der Waals surface area contributed by atoms with E-state index in [0.717, 1.165) is 42.5 Å². The summed E-state index contributed by atoms with van der Waals surface area (Å²) >= 11 is 0. The van der Waals surface area contributed by atoms with E-state index in [9.17, 15) is 4.79 Å². The standard InChI is InChI=1S/C12H17NO/c1-3-4-7-13-12-6-5-10(2)8-11(12)9-14/h5-6,8-9,13H,3-4,7H2,1-2H3. The third kappa shape index (κ3) is 2.87. The Morgan fingerprint density at radius 2 is 2.21 bits per heavy atom. The van der Waals surface area contributed by atoms with Gasteiger partial charge in [-0.1, -0.05) is 25.0 Å². The number of unbranched alkanes of at least 4 members (excludes halogenated alkanes) is 1. The fourth-order valence-corrected chi connectivity index (χ4v) is 1.34. The lowest BCUT2D eigenvalue weighted by atomic mass is 10.1. The molecular weight excluding hydrogens is 174 g/mol. The number of carbonyl (C=O) groups excluding carboxylic acids is 1. The first-order chi connectivity index (χ1) is 6.77. The highest BCUT2D eigenvalue weighted by molar-refractivity contribution is 5.84. The van der Waals surface area contributed by atoms with Crippen LogP contribution in [0.15, 0.2) is 18.2 Å². The largest absolute Gasteiger partial charge is 0.384 e. The van der Waals surface area contributed by atoms with E-state index in [-0.39, 0.29) is 0 Å². The van der Waals surface area contributed by atoms with Gasteiger partial charge in [0.15, 0.2) is 6.29 Å². The summed E-state index contributed by atoms with van der Waals surface area (Å²) in [6.45, 7) is 5.07. The van der Waals surface area contributed by atoms with Crippen LogP contribution in [0.1, 0.15) is 35.7 Å². The van der Waals surface area contributed by atoms with Crippen LogP contribution in [0.5, 0.6) is 0 Å². The minimum absolute atomic E-state index is 0.751. The number of aldehydes is 1. The molecule has 0 radical (unpaired) electrons. The second-order valence-corrected chi connectivity index (χ2v) is 3.49. The van der Waals surface area contributed by atoms with Crippen molar-refractivity contribution in [3.63, 3.8) is 0 Å². The second kappa shape index (κ2) is 5.43. The van der Waals surface area contributed by atoms with E-state index in [1.54, 1.807) is 0 Å². The summed E-state index contributed by atoms with van der Waals surface area (Å²) in [6.07, 6.45) is 3.20. The minimum Gasteiger partial charge on any atom is -0.384 e. The Bertz CT molecular complexity index is 307. The van der Waals surface area contributed by atoms with Crippen molar-refractivity contribution in [1.29, 1.82) is 0 Å². The summed E-state index contributed by atoms with van der Waals surface area (Å²) in [5.74, 6) is 0. The molecule has 0 aliphatic rings. The number of rotatable bonds is 5. The first-order valence-corrected chi connectivity index (χ1v) is 5.07. The molecule has 0 spiro atoms. The highest BCUT2D eigenvalue weighted by atomic mass is 16.1. The number of nitrogens with one attached hydrogen (secondary N) is 1. The van der Waals surface area contributed by atoms with Gasteiger partial charge in [0.1, 0.15) is 0 Å². The molecular formula is C12H17NO. The van der Waals surface area contributed by atoms with Crippen LogP contribution in [-0.2, 0) is 0 Å². The third-order valence-corrected chi connectivity index (χ3v) is 2.18. The fourth-order valence-electron chi connectivity index (χ4n) is 1.34. The molecule has 0 saturated carbocycles. The van der Waals surface area contributed by atoms with Crippen LogP contribution in [-0.4, -0.2) is 12.8 Å². The SMILES string of the molecule is CCCCNc1ccc(C)cc1C=O. The van der Waals surface area contributed by atoms with Crippen LogP contribution < -0.4 is 5.32 Å². The van der Waals surface area contributed by atoms with Crippen molar-refractivity contribution in [3.8, 4) is 0 Å². The normalized spacial score (nSPS) is 9.86. The van der Waals surface area contributed by atoms with Crippen LogP contribution in [0.3, 0.4) is 0 Å². The Labute approximate surface area is 85.3 Å². The van der Waals surface area contributed by atoms with Crippen LogP contribution in [0.2, 0.25) is 0 Å². The van der Waals surface area contributed by atoms with Crippen molar-refractivity contribution < 1.29 is 4.79 Å². The molecule has 1 N–H and O–H groups in total. The monoisotopic (exact) mass is 191 g/mol. The fraction of sp³-hybridized carbons (Fsp3) is 0.417. The molecule has 0 amide bonds. The molecule has 1 aromatic rings. The number of hydrogen-bond acceptors (Lipinski definition) is 2. The molecule has 0 aliphatic heterocycles. The van der Waals surface area contributed by atoms with E-state index < -0.39 is 0 Å². The summed E-state index contributed by atoms with van der Waals surface area (Å²) in [5, 5.41) is 3.26. The molecule has 1 aromatic carbocycles. The molecule has 76 valence electrons. The predicted molar refractivity (Wildman–Crippen MR) is 60.0 cm³/mol. The van der Waals surface area contributed by atoms with Crippen molar-refractivity contribution in [2.45, 2.75) is 26.7 Å². The quantitative estimate of drug-likeness (QED) is 0.572. The highest BCUT2D eigenvalue weighted by Crippen LogP contribution is 2.15. The molecule has 0 heterocycles. The van der Waals surface area contributed by atoms with Crippen molar-refractivity contribution in [1.82, 2.24) is 0 Å². The van der Waals surface area contributed by atoms with Crippen LogP contribution in [0.4, 0.5) is 5.69 Å². The van der Waals surface area contributed by atoms with Gasteiger partial charge in [-0.15, -0.1) is 0 Å². The zero-order valence-electron chi connectivity index (χ0n) is 8.84. The third-order valence-electron chi connectivity index (χ3n) is 2.18. The smallest absolute Gasteiger partial charge is 0.152 e. The average molecular weight is 191 g/mol. The summed E-state index contributed by atoms with van der Waals surface area (Å²) in [5.41, 5.74) is 2.81. The van der Waals surface area contributed by atoms with Gasteiger partial charge in [-0.3, -0.25) is 4.79 Å². The van der Waals surface area contributed by atoms with E-state index in [1.165, 1.54) is 0 Å². The number of carbonyl (C=O) groups is 1. The van der Waals surface area contributed by atoms with E-state index >= 15 is 0 Å². The van der Waals surface area contributed by atoms with Crippen molar-refractivity contribution in [2.24, 2.45) is 0 Å². The molecule has 2 nitrogen and oxygen atoms in total. The molecule has 0 unspecified atom stereocenters. The highest BCUT2D eigenvalue weighted by Gasteiger charge is 2.00. The number of benzene rings is 1. The predicted octanol–water partition coefficient (Wildman–Crippen LogP) is 3.02. The van der Waals surface area contributed by atoms with Gasteiger partial charge in [-0.2, -0.15) is 0 Å². The van der Waals surface area contributed by atoms with Gasteiger partial charge in [0.2, 0.25) is 0 Å². The first-order valence-electron chi connectivity index (χ1n) is 5.07. The molecule has 14 heavy (non-hydrogen) atoms. The number of anilines is 1. The lowest BCUT2D eigenvalue weighted by Crippen LogP contribution is -2.03. The van der Waals surface area contributed by atoms with Crippen LogP contribution >= 0.6 is 0 Å². The van der Waals surface area contributed by atoms with Crippen LogP contribution in [0.25, 0.3) is 0 Å². The number of aryl methyl sites for hydroxylation is 1. The van der Waals surface area contributed by atoms with Gasteiger partial charge < -0.3 is 5.32 Å². The summed E-state index contributed by atoms with van der Waals surface area (Å²) in [6, 6.07) is 5.89. The van der Waals surface area contributed by atoms with E-state index in [2.05, 4.69) is 12.2 Å². The lowest BCUT2D eigenvalue weighted by Gasteiger charge is -2.08. The molecule has 1 rings (SSSR count). The van der Waals surface area contributed by atoms with E-state index in [0.29, 0.717) is 0 Å². The summed E-state index contributed by atoms with van der Waals surface area (Å²) in [7, 11) is 0. The Morgan fingerprint density at radius 3 is 2.86 bits per heavy atom. The molecule has 0 bridgehead atoms. The van der Waals surface area contributed by atoms with Gasteiger partial charge in [0, 0.05) is 17.8 Å². The lowest BCUT2D eigenvalue weighted by molar-refractivity contribution is 0.112. The van der Waals surface area contributed by atoms with E-state index in [4.69, 9.17) is 0 Å². The minimum atomic E-state index is 0.751. The van der Waals surface area contributed by atoms with Gasteiger partial charge in [-0.05, 0) is 25.5 Å². The van der Waals surface area contributed by atoms with E-state index in [1.807, 2.05) is 25.1 Å². The molecule has 0 aromatic heterocycles.